The number of nitro benzene ring substituents is 2. The fourth-order valence-corrected chi connectivity index (χ4v) is 4.13. The molecule has 0 N–H and O–H groups in total. The molecule has 3 aromatic carbocycles. The van der Waals surface area contributed by atoms with Gasteiger partial charge in [-0.15, -0.1) is 0 Å². The summed E-state index contributed by atoms with van der Waals surface area (Å²) in [7, 11) is 0. The summed E-state index contributed by atoms with van der Waals surface area (Å²) in [4.78, 5) is 47.1. The van der Waals surface area contributed by atoms with E-state index in [2.05, 4.69) is 0 Å². The lowest BCUT2D eigenvalue weighted by Crippen LogP contribution is -2.27. The van der Waals surface area contributed by atoms with Gasteiger partial charge < -0.3 is 4.74 Å². The zero-order valence-corrected chi connectivity index (χ0v) is 19.2. The molecule has 0 radical (unpaired) electrons. The number of nitro groups is 2. The van der Waals surface area contributed by atoms with Crippen molar-refractivity contribution < 1.29 is 24.2 Å². The Kier molecular flexibility index (Phi) is 6.80. The van der Waals surface area contributed by atoms with E-state index < -0.39 is 27.1 Å². The highest BCUT2D eigenvalue weighted by Crippen LogP contribution is 2.36. The van der Waals surface area contributed by atoms with Gasteiger partial charge in [-0.05, 0) is 59.3 Å². The number of nitrogens with zero attached hydrogens (tertiary/aromatic N) is 3. The van der Waals surface area contributed by atoms with Gasteiger partial charge in [0.1, 0.15) is 5.75 Å². The van der Waals surface area contributed by atoms with Crippen molar-refractivity contribution in [3.05, 3.63) is 108 Å². The van der Waals surface area contributed by atoms with Crippen molar-refractivity contribution in [3.8, 4) is 11.5 Å². The normalized spacial score (nSPS) is 14.4. The van der Waals surface area contributed by atoms with E-state index in [9.17, 15) is 29.8 Å². The van der Waals surface area contributed by atoms with Gasteiger partial charge in [-0.1, -0.05) is 35.9 Å². The third kappa shape index (κ3) is 5.48. The van der Waals surface area contributed by atoms with Gasteiger partial charge >= 0.3 is 5.69 Å². The lowest BCUT2D eigenvalue weighted by molar-refractivity contribution is -0.394. The second kappa shape index (κ2) is 9.95. The summed E-state index contributed by atoms with van der Waals surface area (Å²) in [5, 5.41) is 22.3. The number of benzene rings is 3. The van der Waals surface area contributed by atoms with Crippen LogP contribution in [0.5, 0.6) is 11.5 Å². The average Bonchev–Trinajstić information content (AvgIpc) is 3.09. The van der Waals surface area contributed by atoms with Crippen LogP contribution in [-0.4, -0.2) is 25.9 Å². The van der Waals surface area contributed by atoms with Gasteiger partial charge in [-0.25, -0.2) is 0 Å². The molecule has 1 heterocycles. The van der Waals surface area contributed by atoms with E-state index in [0.29, 0.717) is 10.6 Å². The predicted octanol–water partition coefficient (Wildman–Crippen LogP) is 6.19. The molecule has 12 heteroatoms. The molecule has 0 saturated carbocycles. The van der Waals surface area contributed by atoms with Crippen LogP contribution in [0.4, 0.5) is 16.2 Å². The molecule has 1 aliphatic rings. The summed E-state index contributed by atoms with van der Waals surface area (Å²) in [5.74, 6) is -0.330. The Bertz CT molecular complexity index is 1370. The van der Waals surface area contributed by atoms with E-state index in [1.165, 1.54) is 12.1 Å². The molecule has 4 rings (SSSR count). The van der Waals surface area contributed by atoms with E-state index in [1.54, 1.807) is 42.5 Å². The molecule has 0 spiro atoms. The second-order valence-corrected chi connectivity index (χ2v) is 8.66. The van der Waals surface area contributed by atoms with Crippen molar-refractivity contribution in [1.82, 2.24) is 4.90 Å². The molecule has 1 aliphatic heterocycles. The Hall–Kier alpha value is -4.22. The maximum atomic E-state index is 12.7. The van der Waals surface area contributed by atoms with Crippen LogP contribution in [0.3, 0.4) is 0 Å². The van der Waals surface area contributed by atoms with E-state index in [1.807, 2.05) is 0 Å². The molecule has 0 aromatic heterocycles. The molecule has 0 bridgehead atoms. The van der Waals surface area contributed by atoms with Crippen LogP contribution in [0, 0.1) is 20.2 Å². The highest BCUT2D eigenvalue weighted by Gasteiger charge is 2.35. The van der Waals surface area contributed by atoms with E-state index in [4.69, 9.17) is 16.3 Å². The van der Waals surface area contributed by atoms with E-state index >= 15 is 0 Å². The number of carbonyl (C=O) groups is 2. The quantitative estimate of drug-likeness (QED) is 0.208. The van der Waals surface area contributed by atoms with Crippen LogP contribution >= 0.6 is 23.4 Å². The highest BCUT2D eigenvalue weighted by atomic mass is 35.5. The lowest BCUT2D eigenvalue weighted by Gasteiger charge is -2.12. The first-order valence-corrected chi connectivity index (χ1v) is 11.1. The highest BCUT2D eigenvalue weighted by molar-refractivity contribution is 8.18. The van der Waals surface area contributed by atoms with Crippen molar-refractivity contribution in [2.24, 2.45) is 0 Å². The fraction of sp³-hybridized carbons (Fsp3) is 0.0435. The Morgan fingerprint density at radius 2 is 1.63 bits per heavy atom. The fourth-order valence-electron chi connectivity index (χ4n) is 3.17. The minimum Gasteiger partial charge on any atom is -0.450 e. The minimum atomic E-state index is -0.767. The van der Waals surface area contributed by atoms with Crippen molar-refractivity contribution in [2.45, 2.75) is 6.54 Å². The van der Waals surface area contributed by atoms with E-state index in [-0.39, 0.29) is 28.2 Å². The summed E-state index contributed by atoms with van der Waals surface area (Å²) in [5.41, 5.74) is 0.398. The van der Waals surface area contributed by atoms with Crippen LogP contribution in [0.15, 0.2) is 71.6 Å². The van der Waals surface area contributed by atoms with Crippen molar-refractivity contribution in [1.29, 1.82) is 0 Å². The van der Waals surface area contributed by atoms with Gasteiger partial charge in [0.25, 0.3) is 16.8 Å². The van der Waals surface area contributed by atoms with Gasteiger partial charge in [0.05, 0.1) is 27.4 Å². The van der Waals surface area contributed by atoms with Crippen molar-refractivity contribution >= 4 is 52.0 Å². The standard InChI is InChI=1S/C23H14ClN3O7S/c24-16-5-1-15(2-6-16)13-25-22(28)21(35-23(25)29)11-14-3-8-18(9-4-14)34-20-10-7-17(26(30)31)12-19(20)27(32)33/h1-12H,13H2/b21-11-. The third-order valence-corrected chi connectivity index (χ3v) is 6.04. The number of amides is 2. The van der Waals surface area contributed by atoms with Crippen molar-refractivity contribution in [2.75, 3.05) is 0 Å². The van der Waals surface area contributed by atoms with Crippen LogP contribution < -0.4 is 4.74 Å². The first-order chi connectivity index (χ1) is 16.7. The summed E-state index contributed by atoms with van der Waals surface area (Å²) in [6.07, 6.45) is 1.56. The molecule has 1 saturated heterocycles. The molecular weight excluding hydrogens is 498 g/mol. The molecule has 0 atom stereocenters. The number of hydrogen-bond donors (Lipinski definition) is 0. The monoisotopic (exact) mass is 511 g/mol. The van der Waals surface area contributed by atoms with Gasteiger partial charge in [-0.2, -0.15) is 0 Å². The van der Waals surface area contributed by atoms with Crippen LogP contribution in [0.1, 0.15) is 11.1 Å². The molecule has 35 heavy (non-hydrogen) atoms. The smallest absolute Gasteiger partial charge is 0.318 e. The number of imide groups is 1. The Balaban J connectivity index is 1.48. The van der Waals surface area contributed by atoms with Crippen LogP contribution in [-0.2, 0) is 11.3 Å². The first-order valence-electron chi connectivity index (χ1n) is 9.92. The maximum Gasteiger partial charge on any atom is 0.318 e. The first kappa shape index (κ1) is 23.9. The zero-order valence-electron chi connectivity index (χ0n) is 17.6. The molecule has 0 aliphatic carbocycles. The number of halogens is 1. The molecule has 0 unspecified atom stereocenters. The Morgan fingerprint density at radius 1 is 0.943 bits per heavy atom. The van der Waals surface area contributed by atoms with Crippen LogP contribution in [0.25, 0.3) is 6.08 Å². The molecule has 2 amide bonds. The average molecular weight is 512 g/mol. The number of hydrogen-bond acceptors (Lipinski definition) is 8. The maximum absolute atomic E-state index is 12.7. The summed E-state index contributed by atoms with van der Waals surface area (Å²) in [6, 6.07) is 16.2. The van der Waals surface area contributed by atoms with Gasteiger partial charge in [0.2, 0.25) is 5.75 Å². The number of ether oxygens (including phenoxy) is 1. The number of rotatable bonds is 7. The minimum absolute atomic E-state index is 0.125. The predicted molar refractivity (Wildman–Crippen MR) is 129 cm³/mol. The van der Waals surface area contributed by atoms with Gasteiger partial charge in [0, 0.05) is 11.1 Å². The lowest BCUT2D eigenvalue weighted by atomic mass is 10.2. The third-order valence-electron chi connectivity index (χ3n) is 4.88. The SMILES string of the molecule is O=C1S/C(=C\c2ccc(Oc3ccc([N+](=O)[O-])cc3[N+](=O)[O-])cc2)C(=O)N1Cc1ccc(Cl)cc1. The van der Waals surface area contributed by atoms with Crippen LogP contribution in [0.2, 0.25) is 5.02 Å². The molecule has 1 fully saturated rings. The second-order valence-electron chi connectivity index (χ2n) is 7.23. The Morgan fingerprint density at radius 3 is 2.26 bits per heavy atom. The molecule has 3 aromatic rings. The van der Waals surface area contributed by atoms with E-state index in [0.717, 1.165) is 40.4 Å². The topological polar surface area (TPSA) is 133 Å². The number of thioether (sulfide) groups is 1. The zero-order chi connectivity index (χ0) is 25.1. The molecule has 176 valence electrons. The Labute approximate surface area is 207 Å². The molecular formula is C23H14ClN3O7S. The van der Waals surface area contributed by atoms with Crippen molar-refractivity contribution in [3.63, 3.8) is 0 Å². The largest absolute Gasteiger partial charge is 0.450 e. The summed E-state index contributed by atoms with van der Waals surface area (Å²) >= 11 is 6.70. The summed E-state index contributed by atoms with van der Waals surface area (Å²) < 4.78 is 5.53. The number of carbonyl (C=O) groups excluding carboxylic acids is 2. The summed E-state index contributed by atoms with van der Waals surface area (Å²) in [6.45, 7) is 0.125. The molecule has 10 nitrogen and oxygen atoms in total. The van der Waals surface area contributed by atoms with Gasteiger partial charge in [0.15, 0.2) is 0 Å². The van der Waals surface area contributed by atoms with Gasteiger partial charge in [-0.3, -0.25) is 34.7 Å². The number of non-ortho nitro benzene ring substituents is 1.